The van der Waals surface area contributed by atoms with Crippen molar-refractivity contribution < 1.29 is 9.59 Å². The molecule has 0 fully saturated rings. The molecule has 2 atom stereocenters. The molecule has 2 amide bonds. The minimum absolute atomic E-state index is 0.0169. The normalized spacial score (nSPS) is 12.9. The molecule has 0 aliphatic heterocycles. The number of hydrogen-bond acceptors (Lipinski definition) is 2. The van der Waals surface area contributed by atoms with Gasteiger partial charge in [0, 0.05) is 41.0 Å². The first-order valence-electron chi connectivity index (χ1n) is 9.94. The Morgan fingerprint density at radius 2 is 1.62 bits per heavy atom. The maximum atomic E-state index is 13.2. The smallest absolute Gasteiger partial charge is 0.243 e. The van der Waals surface area contributed by atoms with Gasteiger partial charge in [0.2, 0.25) is 11.8 Å². The van der Waals surface area contributed by atoms with Gasteiger partial charge in [-0.25, -0.2) is 0 Å². The van der Waals surface area contributed by atoms with Crippen molar-refractivity contribution in [2.75, 3.05) is 0 Å². The van der Waals surface area contributed by atoms with E-state index >= 15 is 0 Å². The minimum Gasteiger partial charge on any atom is -0.352 e. The molecule has 0 unspecified atom stereocenters. The Hall–Kier alpha value is -2.04. The molecule has 0 radical (unpaired) electrons. The Morgan fingerprint density at radius 3 is 2.17 bits per heavy atom. The van der Waals surface area contributed by atoms with Crippen molar-refractivity contribution in [1.82, 2.24) is 10.2 Å². The van der Waals surface area contributed by atoms with E-state index in [9.17, 15) is 9.59 Å². The van der Waals surface area contributed by atoms with Gasteiger partial charge in [-0.1, -0.05) is 73.4 Å². The van der Waals surface area contributed by atoms with Crippen molar-refractivity contribution in [1.29, 1.82) is 0 Å². The molecule has 4 nitrogen and oxygen atoms in total. The molecule has 2 aromatic rings. The average Bonchev–Trinajstić information content (AvgIpc) is 2.72. The van der Waals surface area contributed by atoms with Crippen LogP contribution in [-0.2, 0) is 22.6 Å². The lowest BCUT2D eigenvalue weighted by Gasteiger charge is -2.32. The van der Waals surface area contributed by atoms with Crippen LogP contribution in [0, 0.1) is 0 Å². The zero-order valence-electron chi connectivity index (χ0n) is 17.1. The quantitative estimate of drug-likeness (QED) is 0.584. The number of halogens is 2. The molecule has 0 saturated heterocycles. The Bertz CT molecular complexity index is 807. The molecule has 0 aliphatic carbocycles. The molecule has 0 saturated carbocycles. The molecular formula is C23H28Cl2N2O2. The Kier molecular flexibility index (Phi) is 8.99. The van der Waals surface area contributed by atoms with Gasteiger partial charge in [-0.3, -0.25) is 9.59 Å². The third-order valence-corrected chi connectivity index (χ3v) is 5.67. The van der Waals surface area contributed by atoms with Crippen LogP contribution in [0.5, 0.6) is 0 Å². The SMILES string of the molecule is CCC(=O)N(Cc1c(Cl)cccc1Cl)[C@H](Cc1ccccc1)C(=O)N[C@@H](C)CC. The number of nitrogens with one attached hydrogen (secondary N) is 1. The molecule has 1 N–H and O–H groups in total. The maximum Gasteiger partial charge on any atom is 0.243 e. The van der Waals surface area contributed by atoms with E-state index in [4.69, 9.17) is 23.2 Å². The first-order valence-corrected chi connectivity index (χ1v) is 10.7. The van der Waals surface area contributed by atoms with Crippen LogP contribution in [0.1, 0.15) is 44.7 Å². The number of carbonyl (C=O) groups is 2. The van der Waals surface area contributed by atoms with Gasteiger partial charge in [-0.05, 0) is 31.0 Å². The Morgan fingerprint density at radius 1 is 1.00 bits per heavy atom. The van der Waals surface area contributed by atoms with Gasteiger partial charge in [0.15, 0.2) is 0 Å². The van der Waals surface area contributed by atoms with Gasteiger partial charge >= 0.3 is 0 Å². The second-order valence-corrected chi connectivity index (χ2v) is 7.91. The van der Waals surface area contributed by atoms with Crippen molar-refractivity contribution in [2.45, 2.75) is 58.7 Å². The standard InChI is InChI=1S/C23H28Cl2N2O2/c1-4-16(3)26-23(29)21(14-17-10-7-6-8-11-17)27(22(28)5-2)15-18-19(24)12-9-13-20(18)25/h6-13,16,21H,4-5,14-15H2,1-3H3,(H,26,29)/t16-,21+/m0/s1. The van der Waals surface area contributed by atoms with E-state index in [0.717, 1.165) is 12.0 Å². The second-order valence-electron chi connectivity index (χ2n) is 7.10. The molecule has 2 rings (SSSR count). The molecule has 0 aromatic heterocycles. The highest BCUT2D eigenvalue weighted by Gasteiger charge is 2.31. The molecule has 0 aliphatic rings. The molecule has 0 heterocycles. The zero-order chi connectivity index (χ0) is 21.4. The Balaban J connectivity index is 2.42. The summed E-state index contributed by atoms with van der Waals surface area (Å²) >= 11 is 12.7. The van der Waals surface area contributed by atoms with E-state index in [0.29, 0.717) is 22.0 Å². The van der Waals surface area contributed by atoms with Crippen LogP contribution < -0.4 is 5.32 Å². The van der Waals surface area contributed by atoms with Gasteiger partial charge in [0.25, 0.3) is 0 Å². The lowest BCUT2D eigenvalue weighted by atomic mass is 10.0. The van der Waals surface area contributed by atoms with Crippen LogP contribution in [0.4, 0.5) is 0 Å². The molecule has 0 bridgehead atoms. The fourth-order valence-electron chi connectivity index (χ4n) is 3.05. The van der Waals surface area contributed by atoms with Gasteiger partial charge < -0.3 is 10.2 Å². The molecule has 6 heteroatoms. The molecular weight excluding hydrogens is 407 g/mol. The highest BCUT2D eigenvalue weighted by Crippen LogP contribution is 2.27. The lowest BCUT2D eigenvalue weighted by Crippen LogP contribution is -2.52. The topological polar surface area (TPSA) is 49.4 Å². The summed E-state index contributed by atoms with van der Waals surface area (Å²) in [5.41, 5.74) is 1.63. The largest absolute Gasteiger partial charge is 0.352 e. The average molecular weight is 435 g/mol. The fraction of sp³-hybridized carbons (Fsp3) is 0.391. The third-order valence-electron chi connectivity index (χ3n) is 4.96. The van der Waals surface area contributed by atoms with Gasteiger partial charge in [0.1, 0.15) is 6.04 Å². The first-order chi connectivity index (χ1) is 13.9. The van der Waals surface area contributed by atoms with Crippen LogP contribution >= 0.6 is 23.2 Å². The summed E-state index contributed by atoms with van der Waals surface area (Å²) in [5.74, 6) is -0.297. The summed E-state index contributed by atoms with van der Waals surface area (Å²) in [6, 6.07) is 14.3. The van der Waals surface area contributed by atoms with Crippen LogP contribution in [0.3, 0.4) is 0 Å². The number of rotatable bonds is 9. The number of carbonyl (C=O) groups excluding carboxylic acids is 2. The van der Waals surface area contributed by atoms with Crippen LogP contribution in [0.2, 0.25) is 10.0 Å². The van der Waals surface area contributed by atoms with Gasteiger partial charge in [-0.15, -0.1) is 0 Å². The lowest BCUT2D eigenvalue weighted by molar-refractivity contribution is -0.141. The predicted molar refractivity (Wildman–Crippen MR) is 119 cm³/mol. The van der Waals surface area contributed by atoms with Crippen molar-refractivity contribution in [3.05, 3.63) is 69.7 Å². The first kappa shape index (κ1) is 23.2. The summed E-state index contributed by atoms with van der Waals surface area (Å²) < 4.78 is 0. The summed E-state index contributed by atoms with van der Waals surface area (Å²) in [5, 5.41) is 3.98. The van der Waals surface area contributed by atoms with Crippen molar-refractivity contribution in [3.8, 4) is 0 Å². The summed E-state index contributed by atoms with van der Waals surface area (Å²) in [7, 11) is 0. The second kappa shape index (κ2) is 11.2. The van der Waals surface area contributed by atoms with Crippen LogP contribution in [-0.4, -0.2) is 28.8 Å². The number of amides is 2. The van der Waals surface area contributed by atoms with Crippen molar-refractivity contribution >= 4 is 35.0 Å². The summed E-state index contributed by atoms with van der Waals surface area (Å²) in [6.07, 6.45) is 1.50. The van der Waals surface area contributed by atoms with E-state index < -0.39 is 6.04 Å². The van der Waals surface area contributed by atoms with Gasteiger partial charge in [-0.2, -0.15) is 0 Å². The fourth-order valence-corrected chi connectivity index (χ4v) is 3.57. The van der Waals surface area contributed by atoms with E-state index in [1.54, 1.807) is 30.0 Å². The van der Waals surface area contributed by atoms with E-state index in [-0.39, 0.29) is 30.8 Å². The third kappa shape index (κ3) is 6.48. The van der Waals surface area contributed by atoms with Crippen molar-refractivity contribution in [2.24, 2.45) is 0 Å². The predicted octanol–water partition coefficient (Wildman–Crippen LogP) is 5.26. The van der Waals surface area contributed by atoms with Crippen LogP contribution in [0.25, 0.3) is 0 Å². The maximum absolute atomic E-state index is 13.2. The van der Waals surface area contributed by atoms with Crippen molar-refractivity contribution in [3.63, 3.8) is 0 Å². The summed E-state index contributed by atoms with van der Waals surface area (Å²) in [6.45, 7) is 5.93. The molecule has 2 aromatic carbocycles. The highest BCUT2D eigenvalue weighted by molar-refractivity contribution is 6.36. The Labute approximate surface area is 183 Å². The number of benzene rings is 2. The van der Waals surface area contributed by atoms with E-state index in [1.165, 1.54) is 0 Å². The minimum atomic E-state index is -0.661. The van der Waals surface area contributed by atoms with E-state index in [2.05, 4.69) is 5.32 Å². The molecule has 156 valence electrons. The number of hydrogen-bond donors (Lipinski definition) is 1. The number of nitrogens with zero attached hydrogens (tertiary/aromatic N) is 1. The van der Waals surface area contributed by atoms with Gasteiger partial charge in [0.05, 0.1) is 0 Å². The zero-order valence-corrected chi connectivity index (χ0v) is 18.6. The highest BCUT2D eigenvalue weighted by atomic mass is 35.5. The summed E-state index contributed by atoms with van der Waals surface area (Å²) in [4.78, 5) is 27.7. The van der Waals surface area contributed by atoms with E-state index in [1.807, 2.05) is 44.2 Å². The van der Waals surface area contributed by atoms with Crippen LogP contribution in [0.15, 0.2) is 48.5 Å². The molecule has 0 spiro atoms. The monoisotopic (exact) mass is 434 g/mol. The molecule has 29 heavy (non-hydrogen) atoms.